The number of aromatic nitrogens is 3. The molecule has 2 N–H and O–H groups in total. The molecule has 0 radical (unpaired) electrons. The summed E-state index contributed by atoms with van der Waals surface area (Å²) in [5, 5.41) is 6.62. The third kappa shape index (κ3) is 4.39. The standard InChI is InChI=1S/C15H19F5N6O2/c16-14(17)2-1-11(27)25(8-14)6-9(21)5-12(28)24-3-4-26-10(7-24)22-23-13(26)15(18,19)20/h9H,1-8,21H2/t9-/m0/s1. The Morgan fingerprint density at radius 2 is 1.96 bits per heavy atom. The minimum Gasteiger partial charge on any atom is -0.335 e. The van der Waals surface area contributed by atoms with Gasteiger partial charge in [0.15, 0.2) is 5.82 Å². The second-order valence-corrected chi connectivity index (χ2v) is 7.00. The van der Waals surface area contributed by atoms with Crippen molar-refractivity contribution in [2.45, 2.75) is 50.5 Å². The van der Waals surface area contributed by atoms with Crippen LogP contribution in [0.5, 0.6) is 0 Å². The fourth-order valence-corrected chi connectivity index (χ4v) is 3.34. The predicted octanol–water partition coefficient (Wildman–Crippen LogP) is 0.614. The van der Waals surface area contributed by atoms with Crippen LogP contribution in [0.4, 0.5) is 22.0 Å². The largest absolute Gasteiger partial charge is 0.451 e. The van der Waals surface area contributed by atoms with Crippen molar-refractivity contribution in [3.8, 4) is 0 Å². The number of nitrogens with two attached hydrogens (primary N) is 1. The van der Waals surface area contributed by atoms with E-state index in [1.54, 1.807) is 0 Å². The summed E-state index contributed by atoms with van der Waals surface area (Å²) in [6, 6.07) is -0.865. The Balaban J connectivity index is 1.57. The van der Waals surface area contributed by atoms with Gasteiger partial charge in [-0.15, -0.1) is 10.2 Å². The number of carbonyl (C=O) groups is 2. The van der Waals surface area contributed by atoms with E-state index in [4.69, 9.17) is 5.73 Å². The summed E-state index contributed by atoms with van der Waals surface area (Å²) >= 11 is 0. The highest BCUT2D eigenvalue weighted by Gasteiger charge is 2.41. The van der Waals surface area contributed by atoms with E-state index in [0.717, 1.165) is 9.47 Å². The number of nitrogens with zero attached hydrogens (tertiary/aromatic N) is 5. The first-order valence-electron chi connectivity index (χ1n) is 8.64. The summed E-state index contributed by atoms with van der Waals surface area (Å²) in [7, 11) is 0. The van der Waals surface area contributed by atoms with Gasteiger partial charge in [-0.1, -0.05) is 0 Å². The number of amides is 2. The predicted molar refractivity (Wildman–Crippen MR) is 83.8 cm³/mol. The molecule has 28 heavy (non-hydrogen) atoms. The molecule has 13 heteroatoms. The summed E-state index contributed by atoms with van der Waals surface area (Å²) in [4.78, 5) is 26.4. The van der Waals surface area contributed by atoms with Crippen LogP contribution in [0.15, 0.2) is 0 Å². The minimum atomic E-state index is -4.64. The van der Waals surface area contributed by atoms with E-state index < -0.39 is 48.7 Å². The number of halogens is 5. The molecule has 0 aliphatic carbocycles. The average molecular weight is 410 g/mol. The molecule has 1 fully saturated rings. The Labute approximate surface area is 156 Å². The maximum Gasteiger partial charge on any atom is 0.451 e. The number of hydrogen-bond acceptors (Lipinski definition) is 5. The highest BCUT2D eigenvalue weighted by Crippen LogP contribution is 2.30. The van der Waals surface area contributed by atoms with Gasteiger partial charge in [-0.05, 0) is 0 Å². The van der Waals surface area contributed by atoms with Crippen molar-refractivity contribution in [2.75, 3.05) is 19.6 Å². The highest BCUT2D eigenvalue weighted by atomic mass is 19.4. The number of carbonyl (C=O) groups excluding carboxylic acids is 2. The van der Waals surface area contributed by atoms with Gasteiger partial charge in [0.25, 0.3) is 5.92 Å². The van der Waals surface area contributed by atoms with Crippen LogP contribution in [0.3, 0.4) is 0 Å². The van der Waals surface area contributed by atoms with Crippen LogP contribution in [0, 0.1) is 0 Å². The van der Waals surface area contributed by atoms with Gasteiger partial charge < -0.3 is 20.1 Å². The number of piperidine rings is 1. The highest BCUT2D eigenvalue weighted by molar-refractivity contribution is 5.78. The van der Waals surface area contributed by atoms with Gasteiger partial charge in [0, 0.05) is 44.9 Å². The molecule has 0 unspecified atom stereocenters. The lowest BCUT2D eigenvalue weighted by atomic mass is 10.0. The van der Waals surface area contributed by atoms with Crippen molar-refractivity contribution in [1.29, 1.82) is 0 Å². The van der Waals surface area contributed by atoms with Crippen LogP contribution in [0.25, 0.3) is 0 Å². The van der Waals surface area contributed by atoms with Crippen LogP contribution in [-0.2, 0) is 28.9 Å². The Bertz CT molecular complexity index is 765. The molecule has 1 aromatic rings. The van der Waals surface area contributed by atoms with Crippen LogP contribution in [0.2, 0.25) is 0 Å². The van der Waals surface area contributed by atoms with E-state index in [-0.39, 0.29) is 44.8 Å². The fraction of sp³-hybridized carbons (Fsp3) is 0.733. The second kappa shape index (κ2) is 7.26. The van der Waals surface area contributed by atoms with Crippen LogP contribution < -0.4 is 5.73 Å². The van der Waals surface area contributed by atoms with Gasteiger partial charge in [0.1, 0.15) is 0 Å². The molecule has 2 aliphatic rings. The Morgan fingerprint density at radius 1 is 1.25 bits per heavy atom. The Hall–Kier alpha value is -2.31. The smallest absolute Gasteiger partial charge is 0.335 e. The quantitative estimate of drug-likeness (QED) is 0.734. The van der Waals surface area contributed by atoms with Gasteiger partial charge in [0.2, 0.25) is 17.6 Å². The third-order valence-corrected chi connectivity index (χ3v) is 4.73. The van der Waals surface area contributed by atoms with Gasteiger partial charge in [0.05, 0.1) is 13.1 Å². The van der Waals surface area contributed by atoms with Crippen LogP contribution in [0.1, 0.15) is 30.9 Å². The summed E-state index contributed by atoms with van der Waals surface area (Å²) in [5.74, 6) is -4.99. The normalized spacial score (nSPS) is 20.9. The molecule has 3 rings (SSSR count). The molecular formula is C15H19F5N6O2. The van der Waals surface area contributed by atoms with E-state index in [2.05, 4.69) is 10.2 Å². The van der Waals surface area contributed by atoms with Crippen molar-refractivity contribution in [3.63, 3.8) is 0 Å². The first kappa shape index (κ1) is 20.4. The molecule has 2 amide bonds. The lowest BCUT2D eigenvalue weighted by molar-refractivity contribution is -0.149. The van der Waals surface area contributed by atoms with Crippen molar-refractivity contribution in [2.24, 2.45) is 5.73 Å². The summed E-state index contributed by atoms with van der Waals surface area (Å²) in [6.07, 6.45) is -5.65. The molecule has 1 saturated heterocycles. The van der Waals surface area contributed by atoms with Crippen molar-refractivity contribution in [3.05, 3.63) is 11.6 Å². The maximum absolute atomic E-state index is 13.5. The number of alkyl halides is 5. The molecule has 0 aromatic carbocycles. The van der Waals surface area contributed by atoms with Crippen molar-refractivity contribution >= 4 is 11.8 Å². The molecule has 8 nitrogen and oxygen atoms in total. The second-order valence-electron chi connectivity index (χ2n) is 7.00. The first-order chi connectivity index (χ1) is 13.0. The van der Waals surface area contributed by atoms with Crippen LogP contribution >= 0.6 is 0 Å². The molecule has 0 bridgehead atoms. The van der Waals surface area contributed by atoms with E-state index >= 15 is 0 Å². The van der Waals surface area contributed by atoms with E-state index in [1.165, 1.54) is 4.90 Å². The first-order valence-corrected chi connectivity index (χ1v) is 8.64. The lowest BCUT2D eigenvalue weighted by Gasteiger charge is -2.34. The zero-order valence-corrected chi connectivity index (χ0v) is 14.8. The van der Waals surface area contributed by atoms with Gasteiger partial charge in [-0.3, -0.25) is 9.59 Å². The molecule has 0 saturated carbocycles. The molecule has 3 heterocycles. The van der Waals surface area contributed by atoms with E-state index in [0.29, 0.717) is 0 Å². The number of rotatable bonds is 4. The fourth-order valence-electron chi connectivity index (χ4n) is 3.34. The summed E-state index contributed by atoms with van der Waals surface area (Å²) < 4.78 is 66.3. The van der Waals surface area contributed by atoms with Crippen molar-refractivity contribution in [1.82, 2.24) is 24.6 Å². The van der Waals surface area contributed by atoms with E-state index in [9.17, 15) is 31.5 Å². The summed E-state index contributed by atoms with van der Waals surface area (Å²) in [5.41, 5.74) is 5.85. The van der Waals surface area contributed by atoms with Gasteiger partial charge in [-0.25, -0.2) is 8.78 Å². The Kier molecular flexibility index (Phi) is 5.30. The zero-order valence-electron chi connectivity index (χ0n) is 14.8. The molecule has 1 atom stereocenters. The molecule has 1 aromatic heterocycles. The third-order valence-electron chi connectivity index (χ3n) is 4.73. The zero-order chi connectivity index (χ0) is 20.7. The Morgan fingerprint density at radius 3 is 2.64 bits per heavy atom. The minimum absolute atomic E-state index is 0.00588. The average Bonchev–Trinajstić information content (AvgIpc) is 3.01. The van der Waals surface area contributed by atoms with Crippen LogP contribution in [-0.4, -0.2) is 68.0 Å². The number of fused-ring (bicyclic) bond motifs is 1. The molecule has 2 aliphatic heterocycles. The van der Waals surface area contributed by atoms with E-state index in [1.807, 2.05) is 0 Å². The molecular weight excluding hydrogens is 391 g/mol. The summed E-state index contributed by atoms with van der Waals surface area (Å²) in [6.45, 7) is -1.19. The SMILES string of the molecule is N[C@@H](CC(=O)N1CCn2c(nnc2C(F)(F)F)C1)CN1CC(F)(F)CCC1=O. The van der Waals surface area contributed by atoms with Crippen molar-refractivity contribution < 1.29 is 31.5 Å². The molecule has 0 spiro atoms. The topological polar surface area (TPSA) is 97.3 Å². The van der Waals surface area contributed by atoms with Gasteiger partial charge >= 0.3 is 6.18 Å². The molecule has 156 valence electrons. The maximum atomic E-state index is 13.5. The monoisotopic (exact) mass is 410 g/mol. The van der Waals surface area contributed by atoms with Gasteiger partial charge in [-0.2, -0.15) is 13.2 Å². The lowest BCUT2D eigenvalue weighted by Crippen LogP contribution is -2.51. The number of likely N-dealkylation sites (tertiary alicyclic amines) is 1. The number of hydrogen-bond donors (Lipinski definition) is 1.